The molecule has 0 aliphatic heterocycles. The van der Waals surface area contributed by atoms with Gasteiger partial charge in [0.15, 0.2) is 11.6 Å². The average molecular weight is 246 g/mol. The fourth-order valence-corrected chi connectivity index (χ4v) is 1.62. The van der Waals surface area contributed by atoms with Gasteiger partial charge in [-0.3, -0.25) is 4.68 Å². The predicted molar refractivity (Wildman–Crippen MR) is 70.5 cm³/mol. The van der Waals surface area contributed by atoms with E-state index in [0.29, 0.717) is 6.54 Å². The number of anilines is 1. The highest BCUT2D eigenvalue weighted by atomic mass is 16.5. The molecule has 5 nitrogen and oxygen atoms in total. The first-order valence-electron chi connectivity index (χ1n) is 5.99. The molecule has 0 unspecified atom stereocenters. The molecule has 2 heterocycles. The van der Waals surface area contributed by atoms with Crippen LogP contribution in [0.1, 0.15) is 19.5 Å². The minimum Gasteiger partial charge on any atom is -0.487 e. The molecule has 2 aromatic heterocycles. The molecule has 0 aromatic carbocycles. The molecule has 0 aliphatic carbocycles. The van der Waals surface area contributed by atoms with Gasteiger partial charge in [0.2, 0.25) is 0 Å². The number of ether oxygens (including phenoxy) is 1. The van der Waals surface area contributed by atoms with E-state index in [4.69, 9.17) is 4.74 Å². The molecule has 0 radical (unpaired) electrons. The smallest absolute Gasteiger partial charge is 0.169 e. The second-order valence-corrected chi connectivity index (χ2v) is 4.32. The summed E-state index contributed by atoms with van der Waals surface area (Å²) in [6.07, 6.45) is 3.66. The van der Waals surface area contributed by atoms with Crippen molar-refractivity contribution in [3.63, 3.8) is 0 Å². The third-order valence-corrected chi connectivity index (χ3v) is 2.49. The quantitative estimate of drug-likeness (QED) is 0.878. The zero-order valence-electron chi connectivity index (χ0n) is 10.9. The molecule has 1 N–H and O–H groups in total. The Morgan fingerprint density at radius 3 is 2.83 bits per heavy atom. The van der Waals surface area contributed by atoms with Crippen molar-refractivity contribution < 1.29 is 4.74 Å². The molecular formula is C13H18N4O. The highest BCUT2D eigenvalue weighted by molar-refractivity contribution is 5.49. The van der Waals surface area contributed by atoms with Gasteiger partial charge in [-0.1, -0.05) is 0 Å². The highest BCUT2D eigenvalue weighted by Gasteiger charge is 2.07. The molecule has 5 heteroatoms. The summed E-state index contributed by atoms with van der Waals surface area (Å²) in [5.74, 6) is 1.53. The number of aryl methyl sites for hydroxylation is 1. The van der Waals surface area contributed by atoms with Crippen LogP contribution in [0.2, 0.25) is 0 Å². The molecule has 0 spiro atoms. The molecule has 0 bridgehead atoms. The Hall–Kier alpha value is -2.04. The molecule has 96 valence electrons. The lowest BCUT2D eigenvalue weighted by molar-refractivity contribution is 0.243. The van der Waals surface area contributed by atoms with Crippen LogP contribution in [0.5, 0.6) is 5.75 Å². The van der Waals surface area contributed by atoms with E-state index < -0.39 is 0 Å². The summed E-state index contributed by atoms with van der Waals surface area (Å²) in [4.78, 5) is 4.30. The molecule has 0 amide bonds. The zero-order valence-corrected chi connectivity index (χ0v) is 10.9. The van der Waals surface area contributed by atoms with E-state index in [1.54, 1.807) is 12.4 Å². The topological polar surface area (TPSA) is 52.0 Å². The van der Waals surface area contributed by atoms with Crippen molar-refractivity contribution in [1.29, 1.82) is 0 Å². The second kappa shape index (κ2) is 5.53. The third-order valence-electron chi connectivity index (χ3n) is 2.49. The molecule has 2 aromatic rings. The van der Waals surface area contributed by atoms with Crippen molar-refractivity contribution >= 4 is 5.82 Å². The van der Waals surface area contributed by atoms with Crippen LogP contribution < -0.4 is 10.1 Å². The standard InChI is InChI=1S/C13H18N4O/c1-10(2)18-12-5-4-7-14-13(12)15-9-11-6-8-16-17(11)3/h4-8,10H,9H2,1-3H3,(H,14,15). The van der Waals surface area contributed by atoms with Crippen LogP contribution in [0.25, 0.3) is 0 Å². The van der Waals surface area contributed by atoms with Crippen molar-refractivity contribution in [1.82, 2.24) is 14.8 Å². The first-order chi connectivity index (χ1) is 8.66. The first kappa shape index (κ1) is 12.4. The Kier molecular flexibility index (Phi) is 3.82. The maximum atomic E-state index is 5.70. The van der Waals surface area contributed by atoms with Gasteiger partial charge in [-0.2, -0.15) is 5.10 Å². The summed E-state index contributed by atoms with van der Waals surface area (Å²) in [6.45, 7) is 4.66. The van der Waals surface area contributed by atoms with Gasteiger partial charge in [-0.05, 0) is 32.0 Å². The lowest BCUT2D eigenvalue weighted by atomic mass is 10.3. The van der Waals surface area contributed by atoms with Gasteiger partial charge < -0.3 is 10.1 Å². The van der Waals surface area contributed by atoms with E-state index in [1.807, 2.05) is 43.8 Å². The van der Waals surface area contributed by atoms with Gasteiger partial charge in [0, 0.05) is 19.4 Å². The Morgan fingerprint density at radius 2 is 2.17 bits per heavy atom. The highest BCUT2D eigenvalue weighted by Crippen LogP contribution is 2.22. The lowest BCUT2D eigenvalue weighted by Crippen LogP contribution is -2.11. The first-order valence-corrected chi connectivity index (χ1v) is 5.99. The normalized spacial score (nSPS) is 10.7. The molecular weight excluding hydrogens is 228 g/mol. The van der Waals surface area contributed by atoms with Gasteiger partial charge in [0.25, 0.3) is 0 Å². The summed E-state index contributed by atoms with van der Waals surface area (Å²) in [5.41, 5.74) is 1.09. The molecule has 0 aliphatic rings. The van der Waals surface area contributed by atoms with Crippen LogP contribution in [0, 0.1) is 0 Å². The van der Waals surface area contributed by atoms with Crippen LogP contribution >= 0.6 is 0 Å². The van der Waals surface area contributed by atoms with E-state index in [-0.39, 0.29) is 6.10 Å². The third kappa shape index (κ3) is 3.00. The summed E-state index contributed by atoms with van der Waals surface area (Å²) in [7, 11) is 1.92. The van der Waals surface area contributed by atoms with E-state index in [2.05, 4.69) is 15.4 Å². The summed E-state index contributed by atoms with van der Waals surface area (Å²) < 4.78 is 7.53. The van der Waals surface area contributed by atoms with E-state index >= 15 is 0 Å². The van der Waals surface area contributed by atoms with Gasteiger partial charge in [0.1, 0.15) is 0 Å². The fourth-order valence-electron chi connectivity index (χ4n) is 1.62. The van der Waals surface area contributed by atoms with Crippen LogP contribution in [-0.4, -0.2) is 20.9 Å². The minimum atomic E-state index is 0.131. The number of nitrogens with zero attached hydrogens (tertiary/aromatic N) is 3. The Balaban J connectivity index is 2.07. The summed E-state index contributed by atoms with van der Waals surface area (Å²) >= 11 is 0. The van der Waals surface area contributed by atoms with E-state index in [0.717, 1.165) is 17.3 Å². The van der Waals surface area contributed by atoms with Crippen molar-refractivity contribution in [2.75, 3.05) is 5.32 Å². The number of aromatic nitrogens is 3. The molecule has 18 heavy (non-hydrogen) atoms. The molecule has 0 fully saturated rings. The maximum Gasteiger partial charge on any atom is 0.169 e. The van der Waals surface area contributed by atoms with Crippen LogP contribution in [0.3, 0.4) is 0 Å². The van der Waals surface area contributed by atoms with Gasteiger partial charge in [0.05, 0.1) is 18.3 Å². The van der Waals surface area contributed by atoms with E-state index in [9.17, 15) is 0 Å². The van der Waals surface area contributed by atoms with E-state index in [1.165, 1.54) is 0 Å². The number of nitrogens with one attached hydrogen (secondary N) is 1. The molecule has 0 atom stereocenters. The van der Waals surface area contributed by atoms with Crippen molar-refractivity contribution in [3.05, 3.63) is 36.3 Å². The number of hydrogen-bond acceptors (Lipinski definition) is 4. The zero-order chi connectivity index (χ0) is 13.0. The average Bonchev–Trinajstić information content (AvgIpc) is 2.73. The summed E-state index contributed by atoms with van der Waals surface area (Å²) in [6, 6.07) is 5.75. The van der Waals surface area contributed by atoms with Crippen LogP contribution in [0.15, 0.2) is 30.6 Å². The van der Waals surface area contributed by atoms with Gasteiger partial charge in [-0.15, -0.1) is 0 Å². The number of hydrogen-bond donors (Lipinski definition) is 1. The van der Waals surface area contributed by atoms with Crippen molar-refractivity contribution in [2.24, 2.45) is 7.05 Å². The van der Waals surface area contributed by atoms with Crippen LogP contribution in [0.4, 0.5) is 5.82 Å². The molecule has 2 rings (SSSR count). The number of rotatable bonds is 5. The minimum absolute atomic E-state index is 0.131. The largest absolute Gasteiger partial charge is 0.487 e. The summed E-state index contributed by atoms with van der Waals surface area (Å²) in [5, 5.41) is 7.39. The fraction of sp³-hybridized carbons (Fsp3) is 0.385. The van der Waals surface area contributed by atoms with Crippen molar-refractivity contribution in [3.8, 4) is 5.75 Å². The van der Waals surface area contributed by atoms with Gasteiger partial charge in [-0.25, -0.2) is 4.98 Å². The molecule has 0 saturated heterocycles. The maximum absolute atomic E-state index is 5.70. The second-order valence-electron chi connectivity index (χ2n) is 4.32. The number of pyridine rings is 1. The Labute approximate surface area is 107 Å². The Morgan fingerprint density at radius 1 is 1.33 bits per heavy atom. The van der Waals surface area contributed by atoms with Gasteiger partial charge >= 0.3 is 0 Å². The van der Waals surface area contributed by atoms with Crippen molar-refractivity contribution in [2.45, 2.75) is 26.5 Å². The van der Waals surface area contributed by atoms with Crippen LogP contribution in [-0.2, 0) is 13.6 Å². The SMILES string of the molecule is CC(C)Oc1cccnc1NCc1ccnn1C. The molecule has 0 saturated carbocycles. The Bertz CT molecular complexity index is 507. The lowest BCUT2D eigenvalue weighted by Gasteiger charge is -2.14. The monoisotopic (exact) mass is 246 g/mol. The predicted octanol–water partition coefficient (Wildman–Crippen LogP) is 2.21.